The Morgan fingerprint density at radius 2 is 1.81 bits per heavy atom. The molecule has 11 heteroatoms. The number of hydrogen-bond donors (Lipinski definition) is 2. The van der Waals surface area contributed by atoms with E-state index in [9.17, 15) is 9.90 Å². The van der Waals surface area contributed by atoms with E-state index in [0.29, 0.717) is 30.3 Å². The summed E-state index contributed by atoms with van der Waals surface area (Å²) in [6, 6.07) is 7.70. The highest BCUT2D eigenvalue weighted by Gasteiger charge is 2.46. The molecule has 2 N–H and O–H groups in total. The predicted octanol–water partition coefficient (Wildman–Crippen LogP) is 4.92. The van der Waals surface area contributed by atoms with Crippen molar-refractivity contribution in [3.63, 3.8) is 0 Å². The molecule has 0 bridgehead atoms. The predicted molar refractivity (Wildman–Crippen MR) is 130 cm³/mol. The van der Waals surface area contributed by atoms with E-state index in [2.05, 4.69) is 5.32 Å². The van der Waals surface area contributed by atoms with Gasteiger partial charge in [-0.05, 0) is 61.8 Å². The highest BCUT2D eigenvalue weighted by atomic mass is 35.5. The molecule has 2 unspecified atom stereocenters. The van der Waals surface area contributed by atoms with Crippen LogP contribution in [0.2, 0.25) is 10.0 Å². The van der Waals surface area contributed by atoms with Gasteiger partial charge in [0.05, 0.1) is 16.1 Å². The molecule has 7 nitrogen and oxygen atoms in total. The molecule has 1 saturated heterocycles. The zero-order valence-corrected chi connectivity index (χ0v) is 20.6. The van der Waals surface area contributed by atoms with Gasteiger partial charge in [-0.25, -0.2) is 0 Å². The van der Waals surface area contributed by atoms with Gasteiger partial charge in [0.15, 0.2) is 17.3 Å². The number of ether oxygens (including phenoxy) is 2. The molecule has 1 amide bonds. The van der Waals surface area contributed by atoms with Crippen molar-refractivity contribution in [2.75, 3.05) is 32.8 Å². The number of halogens is 4. The zero-order chi connectivity index (χ0) is 25.4. The first-order valence-electron chi connectivity index (χ1n) is 11.6. The van der Waals surface area contributed by atoms with Gasteiger partial charge in [-0.3, -0.25) is 4.79 Å². The first kappa shape index (κ1) is 25.1. The van der Waals surface area contributed by atoms with Gasteiger partial charge in [0.1, 0.15) is 24.9 Å². The molecule has 1 fully saturated rings. The summed E-state index contributed by atoms with van der Waals surface area (Å²) < 4.78 is 46.9. The van der Waals surface area contributed by atoms with Crippen molar-refractivity contribution >= 4 is 40.1 Å². The molecule has 0 radical (unpaired) electrons. The van der Waals surface area contributed by atoms with Gasteiger partial charge >= 0.3 is 5.92 Å². The number of carbonyl (C=O) groups excluding carboxylic acids is 1. The van der Waals surface area contributed by atoms with E-state index < -0.39 is 29.7 Å². The quantitative estimate of drug-likeness (QED) is 0.442. The van der Waals surface area contributed by atoms with E-state index in [1.165, 1.54) is 12.1 Å². The Morgan fingerprint density at radius 3 is 2.56 bits per heavy atom. The molecule has 0 spiro atoms. The fourth-order valence-electron chi connectivity index (χ4n) is 4.52. The minimum absolute atomic E-state index is 0.0568. The molecule has 2 aliphatic heterocycles. The number of furan rings is 1. The van der Waals surface area contributed by atoms with Crippen molar-refractivity contribution < 1.29 is 32.6 Å². The third kappa shape index (κ3) is 4.85. The molecule has 5 rings (SSSR count). The molecule has 2 aliphatic rings. The fourth-order valence-corrected chi connectivity index (χ4v) is 4.90. The Labute approximate surface area is 215 Å². The highest BCUT2D eigenvalue weighted by molar-refractivity contribution is 6.45. The molecule has 3 heterocycles. The van der Waals surface area contributed by atoms with Crippen LogP contribution >= 0.6 is 23.2 Å². The van der Waals surface area contributed by atoms with Gasteiger partial charge in [-0.15, -0.1) is 0 Å². The molecule has 3 aromatic rings. The van der Waals surface area contributed by atoms with Crippen molar-refractivity contribution in [1.29, 1.82) is 0 Å². The number of aliphatic hydroxyl groups is 1. The van der Waals surface area contributed by atoms with Crippen LogP contribution in [0.4, 0.5) is 8.78 Å². The van der Waals surface area contributed by atoms with E-state index in [-0.39, 0.29) is 27.6 Å². The Morgan fingerprint density at radius 1 is 1.08 bits per heavy atom. The monoisotopic (exact) mass is 540 g/mol. The van der Waals surface area contributed by atoms with E-state index in [1.807, 2.05) is 4.90 Å². The van der Waals surface area contributed by atoms with E-state index >= 15 is 8.78 Å². The molecule has 2 atom stereocenters. The summed E-state index contributed by atoms with van der Waals surface area (Å²) in [5.74, 6) is -5.50. The first-order valence-corrected chi connectivity index (χ1v) is 12.4. The summed E-state index contributed by atoms with van der Waals surface area (Å²) in [7, 11) is 0. The Hall–Kier alpha value is -2.59. The lowest BCUT2D eigenvalue weighted by Gasteiger charge is -2.30. The lowest BCUT2D eigenvalue weighted by atomic mass is 10.0. The summed E-state index contributed by atoms with van der Waals surface area (Å²) >= 11 is 12.1. The summed E-state index contributed by atoms with van der Waals surface area (Å²) in [6.07, 6.45) is 0.642. The van der Waals surface area contributed by atoms with Gasteiger partial charge in [-0.1, -0.05) is 29.3 Å². The van der Waals surface area contributed by atoms with Crippen molar-refractivity contribution in [3.05, 3.63) is 57.8 Å². The molecule has 1 aromatic heterocycles. The number of nitrogens with one attached hydrogen (secondary N) is 1. The molecule has 36 heavy (non-hydrogen) atoms. The van der Waals surface area contributed by atoms with Gasteiger partial charge in [0.25, 0.3) is 5.91 Å². The number of hydrogen-bond acceptors (Lipinski definition) is 6. The second-order valence-electron chi connectivity index (χ2n) is 8.89. The third-order valence-corrected chi connectivity index (χ3v) is 7.26. The van der Waals surface area contributed by atoms with Gasteiger partial charge in [-0.2, -0.15) is 8.78 Å². The van der Waals surface area contributed by atoms with Crippen LogP contribution in [0.25, 0.3) is 11.0 Å². The number of alkyl halides is 2. The average molecular weight is 541 g/mol. The normalized spacial score (nSPS) is 17.8. The SMILES string of the molecule is O=C(NC(CN1CCCC1)C(O)c1ccc2c(c1)OCCO2)C(F)(F)c1cc2c(Cl)c(Cl)ccc2o1. The van der Waals surface area contributed by atoms with Gasteiger partial charge in [0.2, 0.25) is 0 Å². The standard InChI is InChI=1S/C25H24Cl2F2N2O5/c26-16-4-6-18-15(22(16)27)12-21(36-18)25(28,29)24(33)30-17(13-31-7-1-2-8-31)23(32)14-3-5-19-20(11-14)35-10-9-34-19/h3-6,11-12,17,23,32H,1-2,7-10,13H2,(H,30,33). The second kappa shape index (κ2) is 10.0. The maximum atomic E-state index is 15.3. The number of rotatable bonds is 7. The van der Waals surface area contributed by atoms with E-state index in [4.69, 9.17) is 37.1 Å². The second-order valence-corrected chi connectivity index (χ2v) is 9.68. The molecule has 0 saturated carbocycles. The molecular formula is C25H24Cl2F2N2O5. The van der Waals surface area contributed by atoms with Gasteiger partial charge in [0, 0.05) is 11.9 Å². The molecule has 192 valence electrons. The average Bonchev–Trinajstić information content (AvgIpc) is 3.56. The topological polar surface area (TPSA) is 84.2 Å². The van der Waals surface area contributed by atoms with Crippen LogP contribution in [0.1, 0.15) is 30.3 Å². The lowest BCUT2D eigenvalue weighted by molar-refractivity contribution is -0.151. The van der Waals surface area contributed by atoms with Crippen molar-refractivity contribution in [1.82, 2.24) is 10.2 Å². The largest absolute Gasteiger partial charge is 0.486 e. The minimum atomic E-state index is -4.02. The van der Waals surface area contributed by atoms with Crippen LogP contribution in [-0.4, -0.2) is 54.8 Å². The van der Waals surface area contributed by atoms with Crippen LogP contribution < -0.4 is 14.8 Å². The Balaban J connectivity index is 1.40. The summed E-state index contributed by atoms with van der Waals surface area (Å²) in [4.78, 5) is 14.9. The van der Waals surface area contributed by atoms with Crippen molar-refractivity contribution in [2.45, 2.75) is 30.9 Å². The smallest absolute Gasteiger partial charge is 0.380 e. The molecular weight excluding hydrogens is 517 g/mol. The zero-order valence-electron chi connectivity index (χ0n) is 19.1. The summed E-state index contributed by atoms with van der Waals surface area (Å²) in [5.41, 5.74) is 0.494. The lowest BCUT2D eigenvalue weighted by Crippen LogP contribution is -2.50. The first-order chi connectivity index (χ1) is 17.2. The number of fused-ring (bicyclic) bond motifs is 2. The number of benzene rings is 2. The fraction of sp³-hybridized carbons (Fsp3) is 0.400. The summed E-state index contributed by atoms with van der Waals surface area (Å²) in [5, 5.41) is 13.9. The number of amides is 1. The third-order valence-electron chi connectivity index (χ3n) is 6.44. The van der Waals surface area contributed by atoms with Crippen LogP contribution in [0.5, 0.6) is 11.5 Å². The number of nitrogens with zero attached hydrogens (tertiary/aromatic N) is 1. The van der Waals surface area contributed by atoms with E-state index in [0.717, 1.165) is 32.0 Å². The summed E-state index contributed by atoms with van der Waals surface area (Å²) in [6.45, 7) is 2.47. The Bertz CT molecular complexity index is 1280. The number of aliphatic hydroxyl groups excluding tert-OH is 1. The Kier molecular flexibility index (Phi) is 7.00. The minimum Gasteiger partial charge on any atom is -0.486 e. The van der Waals surface area contributed by atoms with Crippen molar-refractivity contribution in [3.8, 4) is 11.5 Å². The van der Waals surface area contributed by atoms with Crippen LogP contribution in [0, 0.1) is 0 Å². The highest BCUT2D eigenvalue weighted by Crippen LogP contribution is 2.39. The molecule has 0 aliphatic carbocycles. The van der Waals surface area contributed by atoms with Crippen molar-refractivity contribution in [2.24, 2.45) is 0 Å². The number of likely N-dealkylation sites (tertiary alicyclic amines) is 1. The maximum Gasteiger partial charge on any atom is 0.380 e. The van der Waals surface area contributed by atoms with E-state index in [1.54, 1.807) is 18.2 Å². The maximum absolute atomic E-state index is 15.3. The van der Waals surface area contributed by atoms with Crippen LogP contribution in [0.3, 0.4) is 0 Å². The molecule has 2 aromatic carbocycles. The number of carbonyl (C=O) groups is 1. The van der Waals surface area contributed by atoms with Crippen LogP contribution in [0.15, 0.2) is 40.8 Å². The van der Waals surface area contributed by atoms with Crippen LogP contribution in [-0.2, 0) is 10.7 Å². The van der Waals surface area contributed by atoms with Gasteiger partial charge < -0.3 is 29.2 Å².